The van der Waals surface area contributed by atoms with Crippen molar-refractivity contribution in [2.45, 2.75) is 65.5 Å². The monoisotopic (exact) mass is 498 g/mol. The molecule has 6 nitrogen and oxygen atoms in total. The van der Waals surface area contributed by atoms with E-state index in [2.05, 4.69) is 60.0 Å². The number of carbonyl (C=O) groups is 1. The smallest absolute Gasteiger partial charge is 0.418 e. The van der Waals surface area contributed by atoms with E-state index in [0.29, 0.717) is 28.0 Å². The van der Waals surface area contributed by atoms with Crippen molar-refractivity contribution >= 4 is 32.6 Å². The number of benzene rings is 2. The highest BCUT2D eigenvalue weighted by atomic mass is 35.5. The van der Waals surface area contributed by atoms with E-state index < -0.39 is 15.1 Å². The Labute approximate surface area is 209 Å². The Morgan fingerprint density at radius 2 is 1.65 bits per heavy atom. The van der Waals surface area contributed by atoms with Crippen LogP contribution in [0.25, 0.3) is 5.69 Å². The lowest BCUT2D eigenvalue weighted by Gasteiger charge is -2.25. The van der Waals surface area contributed by atoms with E-state index in [9.17, 15) is 4.79 Å². The number of nitrogens with zero attached hydrogens (tertiary/aromatic N) is 2. The third kappa shape index (κ3) is 6.01. The standard InChI is InChI=1S/C26H33ClN3O3Si/c1-25(2,3)18-14-15-19(23(22(18)27)33-34(7)8)30-21(16-20(29-30)26(4,5)6)28-24(31)32-17-12-10-9-11-13-17/h9-16H,1-8H3,(H,28,31). The molecular weight excluding hydrogens is 466 g/mol. The summed E-state index contributed by atoms with van der Waals surface area (Å²) in [6.45, 7) is 16.6. The number of halogens is 1. The summed E-state index contributed by atoms with van der Waals surface area (Å²) >= 11 is 6.89. The van der Waals surface area contributed by atoms with Crippen LogP contribution in [0.5, 0.6) is 11.5 Å². The first-order chi connectivity index (χ1) is 15.8. The van der Waals surface area contributed by atoms with Crippen LogP contribution in [-0.2, 0) is 10.8 Å². The van der Waals surface area contributed by atoms with Gasteiger partial charge < -0.3 is 9.16 Å². The summed E-state index contributed by atoms with van der Waals surface area (Å²) in [6, 6.07) is 14.7. The molecule has 2 aromatic carbocycles. The Morgan fingerprint density at radius 1 is 1.00 bits per heavy atom. The summed E-state index contributed by atoms with van der Waals surface area (Å²) in [5.41, 5.74) is 2.05. The summed E-state index contributed by atoms with van der Waals surface area (Å²) in [7, 11) is -1.13. The number of hydrogen-bond acceptors (Lipinski definition) is 4. The maximum atomic E-state index is 12.7. The fraction of sp³-hybridized carbons (Fsp3) is 0.385. The molecule has 0 fully saturated rings. The fourth-order valence-corrected chi connectivity index (χ4v) is 4.50. The average molecular weight is 499 g/mol. The van der Waals surface area contributed by atoms with Gasteiger partial charge in [-0.1, -0.05) is 77.4 Å². The van der Waals surface area contributed by atoms with E-state index in [4.69, 9.17) is 25.9 Å². The Kier molecular flexibility index (Phi) is 7.48. The van der Waals surface area contributed by atoms with Crippen LogP contribution < -0.4 is 14.5 Å². The highest BCUT2D eigenvalue weighted by molar-refractivity contribution is 6.49. The second-order valence-electron chi connectivity index (χ2n) is 10.4. The van der Waals surface area contributed by atoms with E-state index in [1.807, 2.05) is 36.4 Å². The zero-order chi connectivity index (χ0) is 25.3. The zero-order valence-electron chi connectivity index (χ0n) is 21.1. The highest BCUT2D eigenvalue weighted by Gasteiger charge is 2.27. The second-order valence-corrected chi connectivity index (χ2v) is 12.8. The first kappa shape index (κ1) is 25.8. The summed E-state index contributed by atoms with van der Waals surface area (Å²) in [5.74, 6) is 1.49. The predicted octanol–water partition coefficient (Wildman–Crippen LogP) is 7.36. The maximum Gasteiger partial charge on any atom is 0.418 e. The lowest BCUT2D eigenvalue weighted by Crippen LogP contribution is -2.21. The number of ether oxygens (including phenoxy) is 1. The topological polar surface area (TPSA) is 65.4 Å². The van der Waals surface area contributed by atoms with E-state index >= 15 is 0 Å². The van der Waals surface area contributed by atoms with Crippen molar-refractivity contribution in [2.75, 3.05) is 5.32 Å². The molecule has 0 bridgehead atoms. The number of rotatable bonds is 5. The Bertz CT molecular complexity index is 1160. The first-order valence-corrected chi connectivity index (χ1v) is 14.0. The summed E-state index contributed by atoms with van der Waals surface area (Å²) in [6.07, 6.45) is -0.608. The molecule has 34 heavy (non-hydrogen) atoms. The molecule has 1 amide bonds. The molecule has 0 saturated carbocycles. The van der Waals surface area contributed by atoms with Crippen LogP contribution in [0.15, 0.2) is 48.5 Å². The zero-order valence-corrected chi connectivity index (χ0v) is 22.9. The molecule has 0 unspecified atom stereocenters. The van der Waals surface area contributed by atoms with Crippen molar-refractivity contribution in [1.82, 2.24) is 9.78 Å². The summed E-state index contributed by atoms with van der Waals surface area (Å²) in [4.78, 5) is 12.7. The molecule has 0 atom stereocenters. The lowest BCUT2D eigenvalue weighted by atomic mass is 9.86. The van der Waals surface area contributed by atoms with Crippen molar-refractivity contribution < 1.29 is 14.0 Å². The van der Waals surface area contributed by atoms with Gasteiger partial charge in [-0.2, -0.15) is 5.10 Å². The van der Waals surface area contributed by atoms with Crippen LogP contribution in [-0.4, -0.2) is 24.9 Å². The van der Waals surface area contributed by atoms with Crippen LogP contribution in [0, 0.1) is 0 Å². The van der Waals surface area contributed by atoms with Crippen LogP contribution in [0.1, 0.15) is 52.8 Å². The van der Waals surface area contributed by atoms with Crippen molar-refractivity contribution in [1.29, 1.82) is 0 Å². The Morgan fingerprint density at radius 3 is 2.21 bits per heavy atom. The quantitative estimate of drug-likeness (QED) is 0.373. The molecule has 0 aliphatic carbocycles. The van der Waals surface area contributed by atoms with Crippen molar-refractivity contribution in [3.63, 3.8) is 0 Å². The number of amides is 1. The van der Waals surface area contributed by atoms with Gasteiger partial charge >= 0.3 is 6.09 Å². The first-order valence-electron chi connectivity index (χ1n) is 11.2. The van der Waals surface area contributed by atoms with Crippen molar-refractivity contribution in [3.05, 3.63) is 64.8 Å². The highest BCUT2D eigenvalue weighted by Crippen LogP contribution is 2.41. The van der Waals surface area contributed by atoms with Gasteiger partial charge in [0.2, 0.25) is 0 Å². The molecule has 1 aromatic heterocycles. The number of carbonyl (C=O) groups excluding carboxylic acids is 1. The van der Waals surface area contributed by atoms with E-state index in [-0.39, 0.29) is 10.8 Å². The molecule has 1 radical (unpaired) electrons. The second kappa shape index (κ2) is 9.84. The molecule has 0 aliphatic rings. The lowest BCUT2D eigenvalue weighted by molar-refractivity contribution is 0.215. The molecule has 3 rings (SSSR count). The van der Waals surface area contributed by atoms with Gasteiger partial charge in [0, 0.05) is 11.5 Å². The molecule has 8 heteroatoms. The minimum Gasteiger partial charge on any atom is -0.540 e. The van der Waals surface area contributed by atoms with Gasteiger partial charge in [0.15, 0.2) is 0 Å². The normalized spacial score (nSPS) is 12.1. The Balaban J connectivity index is 2.11. The van der Waals surface area contributed by atoms with Crippen LogP contribution in [0.4, 0.5) is 10.6 Å². The average Bonchev–Trinajstić information content (AvgIpc) is 3.12. The molecule has 1 heterocycles. The van der Waals surface area contributed by atoms with Crippen LogP contribution >= 0.6 is 11.6 Å². The molecule has 1 N–H and O–H groups in total. The molecule has 181 valence electrons. The number of anilines is 1. The number of aromatic nitrogens is 2. The van der Waals surface area contributed by atoms with Gasteiger partial charge in [-0.3, -0.25) is 5.32 Å². The third-order valence-corrected chi connectivity index (χ3v) is 6.07. The number of nitrogens with one attached hydrogen (secondary N) is 1. The van der Waals surface area contributed by atoms with Gasteiger partial charge in [-0.25, -0.2) is 9.48 Å². The van der Waals surface area contributed by atoms with Gasteiger partial charge in [0.1, 0.15) is 23.0 Å². The van der Waals surface area contributed by atoms with Gasteiger partial charge in [-0.05, 0) is 42.3 Å². The van der Waals surface area contributed by atoms with E-state index in [1.165, 1.54) is 0 Å². The van der Waals surface area contributed by atoms with Crippen LogP contribution in [0.2, 0.25) is 18.1 Å². The van der Waals surface area contributed by atoms with E-state index in [1.54, 1.807) is 16.8 Å². The Hall–Kier alpha value is -2.77. The van der Waals surface area contributed by atoms with Gasteiger partial charge in [0.25, 0.3) is 9.04 Å². The SMILES string of the molecule is C[Si](C)Oc1c(-n2nc(C(C)(C)C)cc2NC(=O)Oc2ccccc2)ccc(C(C)(C)C)c1Cl. The number of para-hydroxylation sites is 1. The number of hydrogen-bond donors (Lipinski definition) is 1. The van der Waals surface area contributed by atoms with Crippen molar-refractivity contribution in [2.24, 2.45) is 0 Å². The summed E-state index contributed by atoms with van der Waals surface area (Å²) in [5, 5.41) is 8.23. The third-order valence-electron chi connectivity index (χ3n) is 5.08. The molecule has 0 saturated heterocycles. The van der Waals surface area contributed by atoms with Crippen LogP contribution in [0.3, 0.4) is 0 Å². The predicted molar refractivity (Wildman–Crippen MR) is 140 cm³/mol. The molecular formula is C26H33ClN3O3Si. The molecule has 0 spiro atoms. The molecule has 3 aromatic rings. The summed E-state index contributed by atoms with van der Waals surface area (Å²) < 4.78 is 13.4. The molecule has 0 aliphatic heterocycles. The minimum absolute atomic E-state index is 0.163. The van der Waals surface area contributed by atoms with Gasteiger partial charge in [0.05, 0.1) is 10.7 Å². The van der Waals surface area contributed by atoms with Crippen molar-refractivity contribution in [3.8, 4) is 17.2 Å². The van der Waals surface area contributed by atoms with E-state index in [0.717, 1.165) is 11.3 Å². The minimum atomic E-state index is -1.13. The fourth-order valence-electron chi connectivity index (χ4n) is 3.34. The maximum absolute atomic E-state index is 12.7. The van der Waals surface area contributed by atoms with Gasteiger partial charge in [-0.15, -0.1) is 0 Å². The largest absolute Gasteiger partial charge is 0.540 e.